The van der Waals surface area contributed by atoms with E-state index >= 15 is 0 Å². The zero-order chi connectivity index (χ0) is 12.6. The third-order valence-corrected chi connectivity index (χ3v) is 4.75. The van der Waals surface area contributed by atoms with Crippen LogP contribution in [0.2, 0.25) is 5.02 Å². The Morgan fingerprint density at radius 2 is 2.33 bits per heavy atom. The Balaban J connectivity index is 1.83. The summed E-state index contributed by atoms with van der Waals surface area (Å²) in [4.78, 5) is 2.54. The van der Waals surface area contributed by atoms with Gasteiger partial charge in [-0.25, -0.2) is 0 Å². The molecule has 2 saturated heterocycles. The van der Waals surface area contributed by atoms with Crippen LogP contribution in [0.5, 0.6) is 0 Å². The fraction of sp³-hybridized carbons (Fsp3) is 0.571. The number of nitrogens with one attached hydrogen (secondary N) is 1. The van der Waals surface area contributed by atoms with Crippen molar-refractivity contribution in [1.29, 1.82) is 0 Å². The molecule has 4 heteroatoms. The van der Waals surface area contributed by atoms with Crippen LogP contribution in [0.3, 0.4) is 0 Å². The van der Waals surface area contributed by atoms with E-state index in [0.29, 0.717) is 12.5 Å². The first-order chi connectivity index (χ1) is 8.72. The van der Waals surface area contributed by atoms with E-state index in [-0.39, 0.29) is 5.54 Å². The van der Waals surface area contributed by atoms with Gasteiger partial charge in [0, 0.05) is 30.3 Å². The van der Waals surface area contributed by atoms with Crippen LogP contribution in [0, 0.1) is 5.92 Å². The zero-order valence-corrected chi connectivity index (χ0v) is 11.3. The van der Waals surface area contributed by atoms with Crippen LogP contribution in [-0.2, 0) is 0 Å². The molecule has 0 spiro atoms. The van der Waals surface area contributed by atoms with E-state index < -0.39 is 0 Å². The van der Waals surface area contributed by atoms with Crippen molar-refractivity contribution in [3.8, 4) is 0 Å². The minimum absolute atomic E-state index is 0.0533. The number of hydrogen-bond acceptors (Lipinski definition) is 3. The molecule has 1 aromatic rings. The number of piperidine rings is 1. The van der Waals surface area contributed by atoms with Gasteiger partial charge in [0.05, 0.1) is 5.54 Å². The molecule has 98 valence electrons. The Kier molecular flexibility index (Phi) is 3.22. The first-order valence-electron chi connectivity index (χ1n) is 6.68. The molecule has 2 aliphatic heterocycles. The molecule has 3 unspecified atom stereocenters. The molecule has 0 amide bonds. The van der Waals surface area contributed by atoms with Crippen LogP contribution < -0.4 is 11.1 Å². The van der Waals surface area contributed by atoms with E-state index in [0.717, 1.165) is 23.7 Å². The predicted octanol–water partition coefficient (Wildman–Crippen LogP) is 2.17. The van der Waals surface area contributed by atoms with Crippen molar-refractivity contribution in [3.63, 3.8) is 0 Å². The summed E-state index contributed by atoms with van der Waals surface area (Å²) in [5.74, 6) is 0.662. The Hall–Kier alpha value is -0.770. The summed E-state index contributed by atoms with van der Waals surface area (Å²) in [6, 6.07) is 7.95. The molecule has 3 rings (SSSR count). The molecule has 2 heterocycles. The quantitative estimate of drug-likeness (QED) is 0.880. The van der Waals surface area contributed by atoms with Gasteiger partial charge in [-0.15, -0.1) is 0 Å². The molecule has 0 saturated carbocycles. The summed E-state index contributed by atoms with van der Waals surface area (Å²) in [5, 5.41) is 4.45. The van der Waals surface area contributed by atoms with Gasteiger partial charge in [-0.3, -0.25) is 0 Å². The summed E-state index contributed by atoms with van der Waals surface area (Å²) < 4.78 is 0. The lowest BCUT2D eigenvalue weighted by Gasteiger charge is -2.43. The minimum atomic E-state index is 0.0533. The molecule has 1 aromatic carbocycles. The normalized spacial score (nSPS) is 34.6. The molecule has 0 radical (unpaired) electrons. The lowest BCUT2D eigenvalue weighted by Crippen LogP contribution is -2.56. The molecule has 2 fully saturated rings. The van der Waals surface area contributed by atoms with Gasteiger partial charge in [0.25, 0.3) is 0 Å². The number of halogens is 1. The van der Waals surface area contributed by atoms with Gasteiger partial charge in [-0.2, -0.15) is 0 Å². The van der Waals surface area contributed by atoms with E-state index in [4.69, 9.17) is 17.3 Å². The summed E-state index contributed by atoms with van der Waals surface area (Å²) in [5.41, 5.74) is 7.24. The molecule has 18 heavy (non-hydrogen) atoms. The number of anilines is 1. The largest absolute Gasteiger partial charge is 0.378 e. The first kappa shape index (κ1) is 12.3. The second-order valence-electron chi connectivity index (χ2n) is 5.53. The Bertz CT molecular complexity index is 437. The highest BCUT2D eigenvalue weighted by atomic mass is 35.5. The number of fused-ring (bicyclic) bond motifs is 2. The third-order valence-electron chi connectivity index (χ3n) is 4.51. The van der Waals surface area contributed by atoms with Crippen molar-refractivity contribution in [3.05, 3.63) is 29.3 Å². The van der Waals surface area contributed by atoms with Gasteiger partial charge in [0.15, 0.2) is 0 Å². The number of nitrogens with two attached hydrogens (primary N) is 1. The number of nitrogens with zero attached hydrogens (tertiary/aromatic N) is 1. The SMILES string of the molecule is NCC1(Nc2cccc(Cl)c2)CCN2CCC1C2. The summed E-state index contributed by atoms with van der Waals surface area (Å²) in [7, 11) is 0. The van der Waals surface area contributed by atoms with Crippen molar-refractivity contribution in [2.45, 2.75) is 18.4 Å². The smallest absolute Gasteiger partial charge is 0.0548 e. The standard InChI is InChI=1S/C14H20ClN3/c15-12-2-1-3-13(8-12)17-14(10-16)5-7-18-6-4-11(14)9-18/h1-3,8,11,17H,4-7,9-10,16H2. The van der Waals surface area contributed by atoms with E-state index in [2.05, 4.69) is 16.3 Å². The van der Waals surface area contributed by atoms with E-state index in [1.165, 1.54) is 19.5 Å². The topological polar surface area (TPSA) is 41.3 Å². The van der Waals surface area contributed by atoms with Crippen molar-refractivity contribution >= 4 is 17.3 Å². The fourth-order valence-corrected chi connectivity index (χ4v) is 3.58. The third kappa shape index (κ3) is 2.11. The van der Waals surface area contributed by atoms with Crippen molar-refractivity contribution in [2.24, 2.45) is 11.7 Å². The van der Waals surface area contributed by atoms with Crippen LogP contribution in [0.15, 0.2) is 24.3 Å². The Labute approximate surface area is 113 Å². The van der Waals surface area contributed by atoms with Gasteiger partial charge in [-0.05, 0) is 43.5 Å². The van der Waals surface area contributed by atoms with Crippen molar-refractivity contribution in [2.75, 3.05) is 31.5 Å². The lowest BCUT2D eigenvalue weighted by atomic mass is 9.78. The van der Waals surface area contributed by atoms with Gasteiger partial charge in [-0.1, -0.05) is 17.7 Å². The molecule has 2 aliphatic rings. The summed E-state index contributed by atoms with van der Waals surface area (Å²) in [6.07, 6.45) is 2.38. The van der Waals surface area contributed by atoms with Gasteiger partial charge < -0.3 is 16.0 Å². The average molecular weight is 266 g/mol. The molecule has 3 atom stereocenters. The molecular formula is C14H20ClN3. The first-order valence-corrected chi connectivity index (χ1v) is 7.06. The van der Waals surface area contributed by atoms with E-state index in [1.807, 2.05) is 18.2 Å². The minimum Gasteiger partial charge on any atom is -0.378 e. The van der Waals surface area contributed by atoms with Gasteiger partial charge >= 0.3 is 0 Å². The van der Waals surface area contributed by atoms with Crippen LogP contribution in [0.4, 0.5) is 5.69 Å². The molecule has 0 aromatic heterocycles. The monoisotopic (exact) mass is 265 g/mol. The predicted molar refractivity (Wildman–Crippen MR) is 76.0 cm³/mol. The van der Waals surface area contributed by atoms with Gasteiger partial charge in [0.1, 0.15) is 0 Å². The molecular weight excluding hydrogens is 246 g/mol. The summed E-state index contributed by atoms with van der Waals surface area (Å²) in [6.45, 7) is 4.26. The highest BCUT2D eigenvalue weighted by Gasteiger charge is 2.45. The van der Waals surface area contributed by atoms with E-state index in [9.17, 15) is 0 Å². The van der Waals surface area contributed by atoms with Crippen LogP contribution in [0.1, 0.15) is 12.8 Å². The Morgan fingerprint density at radius 3 is 3.11 bits per heavy atom. The second kappa shape index (κ2) is 4.72. The highest BCUT2D eigenvalue weighted by Crippen LogP contribution is 2.37. The van der Waals surface area contributed by atoms with Gasteiger partial charge in [0.2, 0.25) is 0 Å². The molecule has 3 nitrogen and oxygen atoms in total. The fourth-order valence-electron chi connectivity index (χ4n) is 3.39. The number of rotatable bonds is 3. The maximum absolute atomic E-state index is 6.09. The molecule has 3 N–H and O–H groups in total. The Morgan fingerprint density at radius 1 is 1.44 bits per heavy atom. The lowest BCUT2D eigenvalue weighted by molar-refractivity contribution is 0.190. The molecule has 2 bridgehead atoms. The van der Waals surface area contributed by atoms with E-state index in [1.54, 1.807) is 0 Å². The second-order valence-corrected chi connectivity index (χ2v) is 5.97. The van der Waals surface area contributed by atoms with Crippen LogP contribution >= 0.6 is 11.6 Å². The number of benzene rings is 1. The zero-order valence-electron chi connectivity index (χ0n) is 10.5. The van der Waals surface area contributed by atoms with Crippen molar-refractivity contribution < 1.29 is 0 Å². The van der Waals surface area contributed by atoms with Crippen LogP contribution in [-0.4, -0.2) is 36.6 Å². The number of hydrogen-bond donors (Lipinski definition) is 2. The highest BCUT2D eigenvalue weighted by molar-refractivity contribution is 6.30. The average Bonchev–Trinajstić information content (AvgIpc) is 2.78. The maximum Gasteiger partial charge on any atom is 0.0548 e. The molecule has 0 aliphatic carbocycles. The maximum atomic E-state index is 6.09. The van der Waals surface area contributed by atoms with Crippen LogP contribution in [0.25, 0.3) is 0 Å². The van der Waals surface area contributed by atoms with Crippen molar-refractivity contribution in [1.82, 2.24) is 4.90 Å². The summed E-state index contributed by atoms with van der Waals surface area (Å²) >= 11 is 6.05.